The molecule has 1 heterocycles. The van der Waals surface area contributed by atoms with Crippen molar-refractivity contribution in [1.82, 2.24) is 0 Å². The predicted octanol–water partition coefficient (Wildman–Crippen LogP) is 6.54. The molecule has 0 aliphatic rings. The van der Waals surface area contributed by atoms with Crippen LogP contribution < -0.4 is 11.1 Å². The normalized spacial score (nSPS) is 9.76. The number of halogens is 3. The second-order valence-corrected chi connectivity index (χ2v) is 4.69. The Kier molecular flexibility index (Phi) is 7.36. The van der Waals surface area contributed by atoms with Gasteiger partial charge in [0.15, 0.2) is 17.2 Å². The number of furan rings is 1. The summed E-state index contributed by atoms with van der Waals surface area (Å²) in [5.74, 6) is -2.86. The van der Waals surface area contributed by atoms with Gasteiger partial charge >= 0.3 is 0 Å². The molecule has 0 atom stereocenters. The summed E-state index contributed by atoms with van der Waals surface area (Å²) in [5.41, 5.74) is 6.03. The molecule has 0 unspecified atom stereocenters. The van der Waals surface area contributed by atoms with E-state index >= 15 is 0 Å². The highest BCUT2D eigenvalue weighted by atomic mass is 19.2. The number of hydrogen-bond acceptors (Lipinski definition) is 3. The van der Waals surface area contributed by atoms with E-state index in [2.05, 4.69) is 5.32 Å². The van der Waals surface area contributed by atoms with Gasteiger partial charge in [-0.15, -0.1) is 0 Å². The van der Waals surface area contributed by atoms with Gasteiger partial charge in [-0.3, -0.25) is 0 Å². The minimum Gasteiger partial charge on any atom is -0.462 e. The zero-order valence-electron chi connectivity index (χ0n) is 15.0. The topological polar surface area (TPSA) is 51.2 Å². The van der Waals surface area contributed by atoms with Gasteiger partial charge in [0.25, 0.3) is 0 Å². The first kappa shape index (κ1) is 20.4. The van der Waals surface area contributed by atoms with Crippen LogP contribution in [-0.2, 0) is 0 Å². The van der Waals surface area contributed by atoms with Gasteiger partial charge in [0.05, 0.1) is 17.3 Å². The summed E-state index contributed by atoms with van der Waals surface area (Å²) in [4.78, 5) is 0. The smallest absolute Gasteiger partial charge is 0.185 e. The summed E-state index contributed by atoms with van der Waals surface area (Å²) in [5, 5.41) is 2.43. The average Bonchev–Trinajstić information content (AvgIpc) is 3.12. The van der Waals surface area contributed by atoms with Gasteiger partial charge in [-0.25, -0.2) is 13.2 Å². The summed E-state index contributed by atoms with van der Waals surface area (Å²) in [6, 6.07) is 5.62. The average molecular weight is 352 g/mol. The molecule has 3 N–H and O–H groups in total. The second-order valence-electron chi connectivity index (χ2n) is 4.69. The molecule has 1 aromatic heterocycles. The van der Waals surface area contributed by atoms with Crippen molar-refractivity contribution in [3.8, 4) is 0 Å². The van der Waals surface area contributed by atoms with E-state index in [0.29, 0.717) is 5.56 Å². The Balaban J connectivity index is 0.000000730. The van der Waals surface area contributed by atoms with Crippen LogP contribution in [0.25, 0.3) is 11.0 Å². The van der Waals surface area contributed by atoms with E-state index in [4.69, 9.17) is 10.2 Å². The summed E-state index contributed by atoms with van der Waals surface area (Å²) >= 11 is 0. The first-order valence-corrected chi connectivity index (χ1v) is 8.16. The monoisotopic (exact) mass is 352 g/mol. The lowest BCUT2D eigenvalue weighted by molar-refractivity contribution is 0.518. The molecule has 3 nitrogen and oxygen atoms in total. The van der Waals surface area contributed by atoms with Crippen molar-refractivity contribution >= 4 is 28.0 Å². The van der Waals surface area contributed by atoms with E-state index in [-0.39, 0.29) is 28.0 Å². The fourth-order valence-corrected chi connectivity index (χ4v) is 2.13. The molecule has 6 heteroatoms. The molecule has 25 heavy (non-hydrogen) atoms. The summed E-state index contributed by atoms with van der Waals surface area (Å²) in [6.07, 6.45) is 1.21. The van der Waals surface area contributed by atoms with Crippen molar-refractivity contribution in [2.75, 3.05) is 11.1 Å². The Morgan fingerprint density at radius 1 is 0.960 bits per heavy atom. The number of hydrogen-bond donors (Lipinski definition) is 2. The third-order valence-electron chi connectivity index (χ3n) is 3.21. The highest BCUT2D eigenvalue weighted by molar-refractivity contribution is 5.96. The largest absolute Gasteiger partial charge is 0.462 e. The molecule has 0 aliphatic carbocycles. The molecular formula is C19H23F3N2O. The molecule has 0 amide bonds. The minimum atomic E-state index is -1.18. The number of fused-ring (bicyclic) bond motifs is 1. The molecular weight excluding hydrogens is 329 g/mol. The van der Waals surface area contributed by atoms with Crippen LogP contribution in [0, 0.1) is 24.4 Å². The zero-order chi connectivity index (χ0) is 19.1. The van der Waals surface area contributed by atoms with Crippen LogP contribution in [0.2, 0.25) is 0 Å². The van der Waals surface area contributed by atoms with Crippen LogP contribution in [0.3, 0.4) is 0 Å². The van der Waals surface area contributed by atoms with Gasteiger partial charge in [-0.2, -0.15) is 0 Å². The van der Waals surface area contributed by atoms with Crippen LogP contribution in [-0.4, -0.2) is 0 Å². The third-order valence-corrected chi connectivity index (χ3v) is 3.21. The standard InChI is InChI=1S/C15H11F3N2O.2C2H6/c1-7-2-3-10(9(16)6-7)20-14-12(18)11(17)8-4-5-21-15(8)13(14)19;2*1-2/h2-6,20H,19H2,1H3;2*1-2H3. The molecule has 0 fully saturated rings. The van der Waals surface area contributed by atoms with Gasteiger partial charge in [0.1, 0.15) is 17.2 Å². The van der Waals surface area contributed by atoms with E-state index in [9.17, 15) is 13.2 Å². The molecule has 0 radical (unpaired) electrons. The van der Waals surface area contributed by atoms with Gasteiger partial charge < -0.3 is 15.5 Å². The van der Waals surface area contributed by atoms with Gasteiger partial charge in [-0.05, 0) is 30.7 Å². The number of nitrogen functional groups attached to an aromatic ring is 1. The highest BCUT2D eigenvalue weighted by Gasteiger charge is 2.21. The first-order chi connectivity index (χ1) is 12.0. The molecule has 0 spiro atoms. The maximum absolute atomic E-state index is 14.1. The van der Waals surface area contributed by atoms with Crippen molar-refractivity contribution in [2.24, 2.45) is 0 Å². The zero-order valence-corrected chi connectivity index (χ0v) is 15.0. The van der Waals surface area contributed by atoms with E-state index in [1.54, 1.807) is 13.0 Å². The maximum atomic E-state index is 14.1. The number of rotatable bonds is 2. The number of nitrogens with two attached hydrogens (primary N) is 1. The molecule has 3 aromatic rings. The van der Waals surface area contributed by atoms with Crippen molar-refractivity contribution in [2.45, 2.75) is 34.6 Å². The van der Waals surface area contributed by atoms with Crippen LogP contribution in [0.4, 0.5) is 30.2 Å². The Labute approximate surface area is 145 Å². The Morgan fingerprint density at radius 3 is 2.20 bits per heavy atom. The molecule has 0 saturated heterocycles. The molecule has 0 bridgehead atoms. The van der Waals surface area contributed by atoms with E-state index in [1.165, 1.54) is 24.5 Å². The summed E-state index contributed by atoms with van der Waals surface area (Å²) in [7, 11) is 0. The fourth-order valence-electron chi connectivity index (χ4n) is 2.13. The lowest BCUT2D eigenvalue weighted by Crippen LogP contribution is -2.04. The summed E-state index contributed by atoms with van der Waals surface area (Å²) in [6.45, 7) is 9.72. The van der Waals surface area contributed by atoms with Crippen LogP contribution in [0.15, 0.2) is 34.9 Å². The minimum absolute atomic E-state index is 0.00324. The highest BCUT2D eigenvalue weighted by Crippen LogP contribution is 2.37. The summed E-state index contributed by atoms with van der Waals surface area (Å²) < 4.78 is 46.9. The quantitative estimate of drug-likeness (QED) is 0.515. The molecule has 3 rings (SSSR count). The SMILES string of the molecule is CC.CC.Cc1ccc(Nc2c(F)c(F)c3ccoc3c2N)c(F)c1. The third kappa shape index (κ3) is 4.07. The van der Waals surface area contributed by atoms with Gasteiger partial charge in [0, 0.05) is 0 Å². The maximum Gasteiger partial charge on any atom is 0.185 e. The van der Waals surface area contributed by atoms with Crippen LogP contribution in [0.1, 0.15) is 33.3 Å². The van der Waals surface area contributed by atoms with Gasteiger partial charge in [0.2, 0.25) is 0 Å². The second kappa shape index (κ2) is 9.01. The molecule has 0 saturated carbocycles. The Bertz CT molecular complexity index is 844. The van der Waals surface area contributed by atoms with Crippen molar-refractivity contribution in [3.05, 3.63) is 53.5 Å². The van der Waals surface area contributed by atoms with Crippen molar-refractivity contribution in [1.29, 1.82) is 0 Å². The Hall–Kier alpha value is -2.63. The molecule has 136 valence electrons. The lowest BCUT2D eigenvalue weighted by Gasteiger charge is -2.12. The number of benzene rings is 2. The number of aryl methyl sites for hydroxylation is 1. The van der Waals surface area contributed by atoms with Crippen LogP contribution >= 0.6 is 0 Å². The lowest BCUT2D eigenvalue weighted by atomic mass is 10.1. The number of anilines is 3. The van der Waals surface area contributed by atoms with E-state index in [0.717, 1.165) is 0 Å². The molecule has 2 aromatic carbocycles. The predicted molar refractivity (Wildman–Crippen MR) is 97.7 cm³/mol. The first-order valence-electron chi connectivity index (χ1n) is 8.16. The van der Waals surface area contributed by atoms with Crippen molar-refractivity contribution in [3.63, 3.8) is 0 Å². The van der Waals surface area contributed by atoms with Gasteiger partial charge in [-0.1, -0.05) is 33.8 Å². The van der Waals surface area contributed by atoms with E-state index < -0.39 is 17.5 Å². The molecule has 0 aliphatic heterocycles. The number of nitrogens with one attached hydrogen (secondary N) is 1. The fraction of sp³-hybridized carbons (Fsp3) is 0.263. The van der Waals surface area contributed by atoms with E-state index in [1.807, 2.05) is 27.7 Å². The Morgan fingerprint density at radius 2 is 1.60 bits per heavy atom. The van der Waals surface area contributed by atoms with Crippen LogP contribution in [0.5, 0.6) is 0 Å². The van der Waals surface area contributed by atoms with Crippen molar-refractivity contribution < 1.29 is 17.6 Å².